The van der Waals surface area contributed by atoms with Gasteiger partial charge >= 0.3 is 4.87 Å². The Bertz CT molecular complexity index is 1280. The van der Waals surface area contributed by atoms with E-state index in [2.05, 4.69) is 22.0 Å². The number of hydroxylamine groups is 1. The monoisotopic (exact) mass is 464 g/mol. The summed E-state index contributed by atoms with van der Waals surface area (Å²) in [5.74, 6) is 1.48. The molecule has 0 unspecified atom stereocenters. The number of H-pyrrole nitrogens is 1. The number of thiazole rings is 1. The molecule has 0 radical (unpaired) electrons. The van der Waals surface area contributed by atoms with E-state index in [-0.39, 0.29) is 10.8 Å². The Balaban J connectivity index is 1.21. The third-order valence-corrected chi connectivity index (χ3v) is 5.73. The first-order chi connectivity index (χ1) is 16.0. The number of imidazole rings is 1. The molecule has 4 rings (SSSR count). The predicted molar refractivity (Wildman–Crippen MR) is 128 cm³/mol. The predicted octanol–water partition coefficient (Wildman–Crippen LogP) is 3.70. The number of hydrogen-bond donors (Lipinski definition) is 3. The number of nitrogens with zero attached hydrogens (tertiary/aromatic N) is 2. The number of nitrogens with one attached hydrogen (secondary N) is 2. The summed E-state index contributed by atoms with van der Waals surface area (Å²) >= 11 is 1.01. The quantitative estimate of drug-likeness (QED) is 0.244. The van der Waals surface area contributed by atoms with E-state index in [0.717, 1.165) is 28.3 Å². The second kappa shape index (κ2) is 10.2. The van der Waals surface area contributed by atoms with Crippen molar-refractivity contribution in [3.63, 3.8) is 0 Å². The summed E-state index contributed by atoms with van der Waals surface area (Å²) in [6, 6.07) is 17.4. The van der Waals surface area contributed by atoms with Crippen LogP contribution in [-0.2, 0) is 18.3 Å². The number of aromatic nitrogens is 3. The summed E-state index contributed by atoms with van der Waals surface area (Å²) in [5.41, 5.74) is 6.08. The van der Waals surface area contributed by atoms with Crippen molar-refractivity contribution >= 4 is 17.0 Å². The number of aryl methyl sites for hydroxylation is 1. The van der Waals surface area contributed by atoms with Crippen LogP contribution in [0.3, 0.4) is 0 Å². The van der Waals surface area contributed by atoms with Gasteiger partial charge in [-0.25, -0.2) is 4.98 Å². The fourth-order valence-corrected chi connectivity index (χ4v) is 3.98. The molecule has 0 aliphatic carbocycles. The van der Waals surface area contributed by atoms with Gasteiger partial charge in [0.1, 0.15) is 30.5 Å². The number of ether oxygens (including phenoxy) is 1. The molecule has 0 aliphatic rings. The lowest BCUT2D eigenvalue weighted by Gasteiger charge is -2.09. The highest BCUT2D eigenvalue weighted by Crippen LogP contribution is 2.22. The summed E-state index contributed by atoms with van der Waals surface area (Å²) in [4.78, 5) is 24.1. The van der Waals surface area contributed by atoms with Crippen LogP contribution in [0.25, 0.3) is 17.1 Å². The highest BCUT2D eigenvalue weighted by atomic mass is 32.1. The van der Waals surface area contributed by atoms with E-state index in [1.165, 1.54) is 0 Å². The number of rotatable bonds is 10. The summed E-state index contributed by atoms with van der Waals surface area (Å²) in [5, 5.41) is 9.69. The van der Waals surface area contributed by atoms with Crippen LogP contribution in [0.5, 0.6) is 11.6 Å². The Kier molecular flexibility index (Phi) is 6.92. The van der Waals surface area contributed by atoms with Gasteiger partial charge in [-0.15, -0.1) is 0 Å². The summed E-state index contributed by atoms with van der Waals surface area (Å²) in [6.07, 6.45) is 2.37. The van der Waals surface area contributed by atoms with E-state index in [4.69, 9.17) is 9.57 Å². The first kappa shape index (κ1) is 22.4. The molecule has 2 aromatic carbocycles. The molecule has 170 valence electrons. The van der Waals surface area contributed by atoms with E-state index in [1.54, 1.807) is 0 Å². The molecule has 0 spiro atoms. The lowest BCUT2D eigenvalue weighted by molar-refractivity contribution is 0.0540. The summed E-state index contributed by atoms with van der Waals surface area (Å²) in [6.45, 7) is 4.64. The Morgan fingerprint density at radius 2 is 1.94 bits per heavy atom. The second-order valence-electron chi connectivity index (χ2n) is 7.31. The van der Waals surface area contributed by atoms with Gasteiger partial charge in [0.15, 0.2) is 0 Å². The van der Waals surface area contributed by atoms with Gasteiger partial charge < -0.3 is 14.4 Å². The van der Waals surface area contributed by atoms with Crippen LogP contribution in [0.1, 0.15) is 16.1 Å². The van der Waals surface area contributed by atoms with Crippen LogP contribution >= 0.6 is 11.3 Å². The number of aromatic amines is 1. The second-order valence-corrected chi connectivity index (χ2v) is 8.38. The molecule has 9 heteroatoms. The molecule has 4 aromatic rings. The first-order valence-electron chi connectivity index (χ1n) is 10.3. The highest BCUT2D eigenvalue weighted by Gasteiger charge is 2.10. The Labute approximate surface area is 194 Å². The minimum absolute atomic E-state index is 0.0708. The molecule has 0 fully saturated rings. The highest BCUT2D eigenvalue weighted by molar-refractivity contribution is 7.09. The molecule has 0 bridgehead atoms. The standard InChI is InChI=1S/C24H24N4O4S/c1-16(20-15-28(2)22(25-20)18-6-4-3-5-7-18)27-32-13-12-31-19-10-8-17(9-11-19)14-21-23(29)26-24(30)33-21/h3-11,15,27,29H,1,12-14H2,2H3,(H,26,30). The van der Waals surface area contributed by atoms with Crippen LogP contribution in [0.15, 0.2) is 72.2 Å². The maximum Gasteiger partial charge on any atom is 0.307 e. The molecule has 8 nitrogen and oxygen atoms in total. The van der Waals surface area contributed by atoms with Gasteiger partial charge in [-0.3, -0.25) is 20.1 Å². The van der Waals surface area contributed by atoms with Crippen molar-refractivity contribution in [1.82, 2.24) is 20.0 Å². The molecule has 0 saturated heterocycles. The number of hydrogen-bond acceptors (Lipinski definition) is 7. The third-order valence-electron chi connectivity index (χ3n) is 4.86. The van der Waals surface area contributed by atoms with Gasteiger partial charge in [-0.2, -0.15) is 0 Å². The smallest absolute Gasteiger partial charge is 0.307 e. The van der Waals surface area contributed by atoms with E-state index < -0.39 is 0 Å². The van der Waals surface area contributed by atoms with Gasteiger partial charge in [-0.05, 0) is 17.7 Å². The lowest BCUT2D eigenvalue weighted by atomic mass is 10.1. The number of aromatic hydroxyl groups is 1. The molecule has 0 aliphatic heterocycles. The zero-order valence-electron chi connectivity index (χ0n) is 18.1. The Hall–Kier alpha value is -3.82. The topological polar surface area (TPSA) is 101 Å². The van der Waals surface area contributed by atoms with Crippen LogP contribution in [-0.4, -0.2) is 32.9 Å². The van der Waals surface area contributed by atoms with Crippen LogP contribution < -0.4 is 15.1 Å². The van der Waals surface area contributed by atoms with Crippen molar-refractivity contribution < 1.29 is 14.7 Å². The third kappa shape index (κ3) is 5.71. The van der Waals surface area contributed by atoms with E-state index in [1.807, 2.05) is 72.4 Å². The molecule has 0 saturated carbocycles. The van der Waals surface area contributed by atoms with Gasteiger partial charge in [0, 0.05) is 25.2 Å². The van der Waals surface area contributed by atoms with Gasteiger partial charge in [0.2, 0.25) is 5.88 Å². The molecule has 3 N–H and O–H groups in total. The summed E-state index contributed by atoms with van der Waals surface area (Å²) in [7, 11) is 1.94. The van der Waals surface area contributed by atoms with Gasteiger partial charge in [-0.1, -0.05) is 60.4 Å². The molecule has 0 amide bonds. The van der Waals surface area contributed by atoms with Crippen molar-refractivity contribution in [3.05, 3.63) is 93.2 Å². The van der Waals surface area contributed by atoms with Gasteiger partial charge in [0.25, 0.3) is 0 Å². The maximum absolute atomic E-state index is 11.3. The molecule has 2 aromatic heterocycles. The fraction of sp³-hybridized carbons (Fsp3) is 0.167. The molecule has 33 heavy (non-hydrogen) atoms. The van der Waals surface area contributed by atoms with Crippen molar-refractivity contribution in [1.29, 1.82) is 0 Å². The fourth-order valence-electron chi connectivity index (χ4n) is 3.22. The molecular formula is C24H24N4O4S. The SMILES string of the molecule is C=C(NOCCOc1ccc(Cc2sc(=O)[nH]c2O)cc1)c1cn(C)c(-c2ccccc2)n1. The van der Waals surface area contributed by atoms with Crippen LogP contribution in [0.2, 0.25) is 0 Å². The van der Waals surface area contributed by atoms with Crippen LogP contribution in [0.4, 0.5) is 0 Å². The Morgan fingerprint density at radius 1 is 1.18 bits per heavy atom. The number of benzene rings is 2. The van der Waals surface area contributed by atoms with E-state index >= 15 is 0 Å². The molecule has 0 atom stereocenters. The zero-order valence-corrected chi connectivity index (χ0v) is 18.9. The Morgan fingerprint density at radius 3 is 2.64 bits per heavy atom. The average Bonchev–Trinajstić information content (AvgIpc) is 3.36. The van der Waals surface area contributed by atoms with Crippen molar-refractivity contribution in [2.24, 2.45) is 7.05 Å². The normalized spacial score (nSPS) is 10.8. The first-order valence-corrected chi connectivity index (χ1v) is 11.1. The molecule has 2 heterocycles. The average molecular weight is 465 g/mol. The lowest BCUT2D eigenvalue weighted by Crippen LogP contribution is -2.17. The summed E-state index contributed by atoms with van der Waals surface area (Å²) < 4.78 is 7.64. The van der Waals surface area contributed by atoms with Crippen molar-refractivity contribution in [2.75, 3.05) is 13.2 Å². The maximum atomic E-state index is 11.3. The van der Waals surface area contributed by atoms with E-state index in [9.17, 15) is 9.90 Å². The largest absolute Gasteiger partial charge is 0.494 e. The zero-order chi connectivity index (χ0) is 23.2. The van der Waals surface area contributed by atoms with Crippen molar-refractivity contribution in [3.8, 4) is 23.0 Å². The van der Waals surface area contributed by atoms with Crippen LogP contribution in [0, 0.1) is 0 Å². The van der Waals surface area contributed by atoms with E-state index in [0.29, 0.717) is 41.7 Å². The van der Waals surface area contributed by atoms with Crippen molar-refractivity contribution in [2.45, 2.75) is 6.42 Å². The minimum atomic E-state index is -0.265. The minimum Gasteiger partial charge on any atom is -0.494 e. The molecular weight excluding hydrogens is 440 g/mol. The van der Waals surface area contributed by atoms with Gasteiger partial charge in [0.05, 0.1) is 10.6 Å².